The highest BCUT2D eigenvalue weighted by Gasteiger charge is 2.22. The smallest absolute Gasteiger partial charge is 0.257 e. The molecule has 17 heavy (non-hydrogen) atoms. The summed E-state index contributed by atoms with van der Waals surface area (Å²) in [5, 5.41) is 0. The van der Waals surface area contributed by atoms with Crippen LogP contribution in [0.2, 0.25) is 0 Å². The van der Waals surface area contributed by atoms with Gasteiger partial charge in [0.15, 0.2) is 5.82 Å². The maximum absolute atomic E-state index is 13.4. The third kappa shape index (κ3) is 3.24. The van der Waals surface area contributed by atoms with Gasteiger partial charge in [0.2, 0.25) is 5.91 Å². The molecule has 0 aliphatic heterocycles. The number of aromatic nitrogens is 1. The summed E-state index contributed by atoms with van der Waals surface area (Å²) in [5.41, 5.74) is 4.93. The lowest BCUT2D eigenvalue weighted by molar-refractivity contribution is -0.119. The van der Waals surface area contributed by atoms with Crippen LogP contribution in [0.5, 0.6) is 0 Å². The van der Waals surface area contributed by atoms with Crippen LogP contribution < -0.4 is 5.73 Å². The Bertz CT molecular complexity index is 434. The van der Waals surface area contributed by atoms with E-state index < -0.39 is 17.6 Å². The van der Waals surface area contributed by atoms with Crippen LogP contribution >= 0.6 is 0 Å². The molecule has 0 atom stereocenters. The van der Waals surface area contributed by atoms with Crippen molar-refractivity contribution in [2.45, 2.75) is 19.9 Å². The van der Waals surface area contributed by atoms with Gasteiger partial charge < -0.3 is 10.6 Å². The zero-order valence-electron chi connectivity index (χ0n) is 9.68. The first-order valence-electron chi connectivity index (χ1n) is 5.12. The molecular formula is C11H14FN3O2. The Morgan fingerprint density at radius 3 is 2.65 bits per heavy atom. The summed E-state index contributed by atoms with van der Waals surface area (Å²) in [6.07, 6.45) is 2.27. The van der Waals surface area contributed by atoms with E-state index in [1.807, 2.05) is 0 Å². The molecule has 0 saturated heterocycles. The number of carbonyl (C=O) groups excluding carboxylic acids is 2. The number of hydrogen-bond acceptors (Lipinski definition) is 3. The van der Waals surface area contributed by atoms with Crippen molar-refractivity contribution in [3.63, 3.8) is 0 Å². The summed E-state index contributed by atoms with van der Waals surface area (Å²) in [5.74, 6) is -1.92. The van der Waals surface area contributed by atoms with Gasteiger partial charge >= 0.3 is 0 Å². The average molecular weight is 239 g/mol. The number of nitrogens with zero attached hydrogens (tertiary/aromatic N) is 2. The summed E-state index contributed by atoms with van der Waals surface area (Å²) < 4.78 is 13.4. The minimum Gasteiger partial charge on any atom is -0.368 e. The second-order valence-electron chi connectivity index (χ2n) is 3.85. The molecule has 92 valence electrons. The van der Waals surface area contributed by atoms with Crippen LogP contribution in [-0.2, 0) is 4.79 Å². The number of primary amides is 1. The Kier molecular flexibility index (Phi) is 4.14. The Labute approximate surface area is 98.4 Å². The first-order valence-corrected chi connectivity index (χ1v) is 5.12. The van der Waals surface area contributed by atoms with Gasteiger partial charge in [-0.15, -0.1) is 0 Å². The standard InChI is InChI=1S/C11H14FN3O2/c1-7(2)15(6-10(13)16)11(17)8-3-4-14-5-9(8)12/h3-5,7H,6H2,1-2H3,(H2,13,16). The molecule has 0 aliphatic rings. The molecule has 0 radical (unpaired) electrons. The number of hydrogen-bond donors (Lipinski definition) is 1. The zero-order chi connectivity index (χ0) is 13.0. The maximum Gasteiger partial charge on any atom is 0.257 e. The second-order valence-corrected chi connectivity index (χ2v) is 3.85. The van der Waals surface area contributed by atoms with Gasteiger partial charge in [-0.1, -0.05) is 0 Å². The van der Waals surface area contributed by atoms with E-state index in [1.54, 1.807) is 13.8 Å². The monoisotopic (exact) mass is 239 g/mol. The highest BCUT2D eigenvalue weighted by molar-refractivity contribution is 5.96. The molecular weight excluding hydrogens is 225 g/mol. The van der Waals surface area contributed by atoms with Crippen molar-refractivity contribution in [3.8, 4) is 0 Å². The lowest BCUT2D eigenvalue weighted by Gasteiger charge is -2.25. The topological polar surface area (TPSA) is 76.3 Å². The van der Waals surface area contributed by atoms with E-state index in [1.165, 1.54) is 17.2 Å². The fraction of sp³-hybridized carbons (Fsp3) is 0.364. The first-order chi connectivity index (χ1) is 7.93. The van der Waals surface area contributed by atoms with Crippen LogP contribution in [0.3, 0.4) is 0 Å². The largest absolute Gasteiger partial charge is 0.368 e. The summed E-state index contributed by atoms with van der Waals surface area (Å²) in [6.45, 7) is 3.21. The summed E-state index contributed by atoms with van der Waals surface area (Å²) in [7, 11) is 0. The van der Waals surface area contributed by atoms with Gasteiger partial charge in [0.25, 0.3) is 5.91 Å². The summed E-state index contributed by atoms with van der Waals surface area (Å²) in [4.78, 5) is 27.6. The molecule has 0 aromatic carbocycles. The van der Waals surface area contributed by atoms with Crippen molar-refractivity contribution >= 4 is 11.8 Å². The third-order valence-corrected chi connectivity index (χ3v) is 2.21. The highest BCUT2D eigenvalue weighted by Crippen LogP contribution is 2.10. The lowest BCUT2D eigenvalue weighted by atomic mass is 10.2. The fourth-order valence-electron chi connectivity index (χ4n) is 1.36. The number of nitrogens with two attached hydrogens (primary N) is 1. The van der Waals surface area contributed by atoms with Crippen molar-refractivity contribution < 1.29 is 14.0 Å². The van der Waals surface area contributed by atoms with E-state index in [-0.39, 0.29) is 18.2 Å². The highest BCUT2D eigenvalue weighted by atomic mass is 19.1. The molecule has 5 nitrogen and oxygen atoms in total. The number of halogens is 1. The first kappa shape index (κ1) is 13.1. The van der Waals surface area contributed by atoms with Gasteiger partial charge in [-0.2, -0.15) is 0 Å². The molecule has 2 N–H and O–H groups in total. The van der Waals surface area contributed by atoms with Crippen LogP contribution in [0, 0.1) is 5.82 Å². The van der Waals surface area contributed by atoms with Crippen LogP contribution in [0.1, 0.15) is 24.2 Å². The zero-order valence-corrected chi connectivity index (χ0v) is 9.68. The van der Waals surface area contributed by atoms with Gasteiger partial charge in [-0.3, -0.25) is 14.6 Å². The van der Waals surface area contributed by atoms with Crippen LogP contribution in [0.15, 0.2) is 18.5 Å². The summed E-state index contributed by atoms with van der Waals surface area (Å²) >= 11 is 0. The van der Waals surface area contributed by atoms with Crippen molar-refractivity contribution in [2.24, 2.45) is 5.73 Å². The Morgan fingerprint density at radius 2 is 2.18 bits per heavy atom. The van der Waals surface area contributed by atoms with E-state index in [9.17, 15) is 14.0 Å². The molecule has 1 aromatic rings. The minimum absolute atomic E-state index is 0.116. The van der Waals surface area contributed by atoms with Crippen LogP contribution in [-0.4, -0.2) is 34.3 Å². The number of amides is 2. The van der Waals surface area contributed by atoms with E-state index in [0.717, 1.165) is 6.20 Å². The SMILES string of the molecule is CC(C)N(CC(N)=O)C(=O)c1ccncc1F. The lowest BCUT2D eigenvalue weighted by Crippen LogP contribution is -2.43. The molecule has 0 spiro atoms. The molecule has 1 heterocycles. The normalized spacial score (nSPS) is 10.4. The number of carbonyl (C=O) groups is 2. The van der Waals surface area contributed by atoms with E-state index in [4.69, 9.17) is 5.73 Å². The van der Waals surface area contributed by atoms with Gasteiger partial charge in [0, 0.05) is 12.2 Å². The van der Waals surface area contributed by atoms with Crippen molar-refractivity contribution in [1.82, 2.24) is 9.88 Å². The van der Waals surface area contributed by atoms with Crippen LogP contribution in [0.4, 0.5) is 4.39 Å². The molecule has 0 aliphatic carbocycles. The quantitative estimate of drug-likeness (QED) is 0.833. The van der Waals surface area contributed by atoms with E-state index in [0.29, 0.717) is 0 Å². The molecule has 0 saturated carbocycles. The molecule has 0 unspecified atom stereocenters. The number of rotatable bonds is 4. The Balaban J connectivity index is 3.00. The fourth-order valence-corrected chi connectivity index (χ4v) is 1.36. The van der Waals surface area contributed by atoms with Crippen molar-refractivity contribution in [3.05, 3.63) is 29.8 Å². The molecule has 6 heteroatoms. The predicted octanol–water partition coefficient (Wildman–Crippen LogP) is 0.557. The van der Waals surface area contributed by atoms with E-state index >= 15 is 0 Å². The van der Waals surface area contributed by atoms with E-state index in [2.05, 4.69) is 4.98 Å². The van der Waals surface area contributed by atoms with Crippen molar-refractivity contribution in [2.75, 3.05) is 6.54 Å². The van der Waals surface area contributed by atoms with Gasteiger partial charge in [0.1, 0.15) is 0 Å². The van der Waals surface area contributed by atoms with Crippen molar-refractivity contribution in [1.29, 1.82) is 0 Å². The molecule has 1 rings (SSSR count). The van der Waals surface area contributed by atoms with Gasteiger partial charge in [-0.25, -0.2) is 4.39 Å². The third-order valence-electron chi connectivity index (χ3n) is 2.21. The summed E-state index contributed by atoms with van der Waals surface area (Å²) in [6, 6.07) is 1.02. The molecule has 0 fully saturated rings. The molecule has 2 amide bonds. The predicted molar refractivity (Wildman–Crippen MR) is 59.6 cm³/mol. The van der Waals surface area contributed by atoms with Crippen LogP contribution in [0.25, 0.3) is 0 Å². The minimum atomic E-state index is -0.715. The van der Waals surface area contributed by atoms with Gasteiger partial charge in [-0.05, 0) is 19.9 Å². The van der Waals surface area contributed by atoms with Gasteiger partial charge in [0.05, 0.1) is 18.3 Å². The number of pyridine rings is 1. The molecule has 1 aromatic heterocycles. The maximum atomic E-state index is 13.4. The second kappa shape index (κ2) is 5.38. The molecule has 0 bridgehead atoms. The Morgan fingerprint density at radius 1 is 1.53 bits per heavy atom. The average Bonchev–Trinajstić information content (AvgIpc) is 2.25. The Hall–Kier alpha value is -1.98.